The minimum absolute atomic E-state index is 0.0935. The zero-order valence-corrected chi connectivity index (χ0v) is 11.7. The van der Waals surface area contributed by atoms with Crippen LogP contribution in [-0.4, -0.2) is 34.3 Å². The molecule has 0 saturated heterocycles. The molecule has 7 heteroatoms. The molecule has 0 aliphatic carbocycles. The summed E-state index contributed by atoms with van der Waals surface area (Å²) in [7, 11) is 0. The van der Waals surface area contributed by atoms with Gasteiger partial charge in [0, 0.05) is 43.4 Å². The fraction of sp³-hybridized carbons (Fsp3) is 0.286. The highest BCUT2D eigenvalue weighted by atomic mass is 16.3. The van der Waals surface area contributed by atoms with Crippen molar-refractivity contribution in [1.82, 2.24) is 24.1 Å². The summed E-state index contributed by atoms with van der Waals surface area (Å²) in [5, 5.41) is 20.1. The smallest absolute Gasteiger partial charge is 0.235 e. The third-order valence-corrected chi connectivity index (χ3v) is 3.53. The minimum Gasteiger partial charge on any atom is -0.503 e. The summed E-state index contributed by atoms with van der Waals surface area (Å²) < 4.78 is 3.65. The molecule has 0 spiro atoms. The van der Waals surface area contributed by atoms with Crippen LogP contribution in [0.15, 0.2) is 31.1 Å². The molecule has 0 unspecified atom stereocenters. The number of aromatic amines is 1. The first-order chi connectivity index (χ1) is 10.2. The van der Waals surface area contributed by atoms with Gasteiger partial charge in [0.05, 0.1) is 12.0 Å². The van der Waals surface area contributed by atoms with Crippen LogP contribution >= 0.6 is 0 Å². The van der Waals surface area contributed by atoms with E-state index in [9.17, 15) is 10.2 Å². The Hall–Kier alpha value is -2.70. The van der Waals surface area contributed by atoms with Crippen molar-refractivity contribution in [2.45, 2.75) is 26.4 Å². The second-order valence-electron chi connectivity index (χ2n) is 4.89. The normalized spacial score (nSPS) is 11.1. The number of nitrogens with zero attached hydrogens (tertiary/aromatic N) is 4. The van der Waals surface area contributed by atoms with E-state index in [1.807, 2.05) is 10.8 Å². The van der Waals surface area contributed by atoms with Crippen molar-refractivity contribution in [3.8, 4) is 23.1 Å². The average molecular weight is 287 g/mol. The number of hydrogen-bond donors (Lipinski definition) is 3. The van der Waals surface area contributed by atoms with Crippen molar-refractivity contribution in [2.24, 2.45) is 0 Å². The number of nitrogens with one attached hydrogen (secondary N) is 1. The molecule has 3 aromatic heterocycles. The quantitative estimate of drug-likeness (QED) is 0.668. The molecule has 0 amide bonds. The monoisotopic (exact) mass is 287 g/mol. The second kappa shape index (κ2) is 5.35. The van der Waals surface area contributed by atoms with Crippen LogP contribution in [0.2, 0.25) is 0 Å². The van der Waals surface area contributed by atoms with Gasteiger partial charge in [0.1, 0.15) is 0 Å². The maximum Gasteiger partial charge on any atom is 0.235 e. The molecule has 21 heavy (non-hydrogen) atoms. The van der Waals surface area contributed by atoms with E-state index in [-0.39, 0.29) is 11.6 Å². The van der Waals surface area contributed by atoms with E-state index in [0.717, 1.165) is 13.0 Å². The van der Waals surface area contributed by atoms with Gasteiger partial charge in [-0.15, -0.1) is 0 Å². The summed E-state index contributed by atoms with van der Waals surface area (Å²) in [4.78, 5) is 11.2. The lowest BCUT2D eigenvalue weighted by Crippen LogP contribution is -2.05. The highest BCUT2D eigenvalue weighted by Crippen LogP contribution is 2.39. The molecule has 0 aromatic carbocycles. The van der Waals surface area contributed by atoms with Gasteiger partial charge in [-0.05, 0) is 13.3 Å². The number of aromatic hydroxyl groups is 2. The third-order valence-electron chi connectivity index (χ3n) is 3.53. The fourth-order valence-corrected chi connectivity index (χ4v) is 2.46. The highest BCUT2D eigenvalue weighted by Gasteiger charge is 2.21. The van der Waals surface area contributed by atoms with Gasteiger partial charge in [0.2, 0.25) is 5.88 Å². The number of H-pyrrole nitrogens is 1. The van der Waals surface area contributed by atoms with E-state index in [4.69, 9.17) is 0 Å². The molecule has 7 nitrogen and oxygen atoms in total. The number of aryl methyl sites for hydroxylation is 1. The van der Waals surface area contributed by atoms with Crippen molar-refractivity contribution in [2.75, 3.05) is 0 Å². The Kier molecular flexibility index (Phi) is 3.39. The molecule has 3 aromatic rings. The van der Waals surface area contributed by atoms with Gasteiger partial charge in [-0.2, -0.15) is 0 Å². The molecule has 0 fully saturated rings. The molecule has 3 heterocycles. The maximum atomic E-state index is 10.1. The first-order valence-corrected chi connectivity index (χ1v) is 6.75. The van der Waals surface area contributed by atoms with Gasteiger partial charge in [0.15, 0.2) is 11.6 Å². The molecular weight excluding hydrogens is 270 g/mol. The lowest BCUT2D eigenvalue weighted by Gasteiger charge is -2.09. The molecule has 0 aliphatic rings. The summed E-state index contributed by atoms with van der Waals surface area (Å²) >= 11 is 0. The predicted molar refractivity (Wildman–Crippen MR) is 76.9 cm³/mol. The maximum absolute atomic E-state index is 10.1. The summed E-state index contributed by atoms with van der Waals surface area (Å²) in [5.41, 5.74) is 1.32. The Bertz CT molecular complexity index is 713. The molecule has 3 rings (SSSR count). The van der Waals surface area contributed by atoms with E-state index in [1.165, 1.54) is 0 Å². The van der Waals surface area contributed by atoms with Crippen LogP contribution in [0.4, 0.5) is 0 Å². The van der Waals surface area contributed by atoms with Gasteiger partial charge < -0.3 is 24.3 Å². The van der Waals surface area contributed by atoms with E-state index in [2.05, 4.69) is 15.0 Å². The molecule has 0 radical (unpaired) electrons. The second-order valence-corrected chi connectivity index (χ2v) is 4.89. The standard InChI is InChI=1S/C14H17N5O2/c1-10-11(13-16-3-4-17-13)19(14(21)12(10)20)7-2-6-18-8-5-15-9-18/h3-5,8-9,20-21H,2,6-7H2,1H3,(H,16,17). The Morgan fingerprint density at radius 3 is 2.76 bits per heavy atom. The third kappa shape index (κ3) is 2.37. The van der Waals surface area contributed by atoms with E-state index >= 15 is 0 Å². The Labute approximate surface area is 121 Å². The topological polar surface area (TPSA) is 91.9 Å². The van der Waals surface area contributed by atoms with E-state index < -0.39 is 0 Å². The lowest BCUT2D eigenvalue weighted by atomic mass is 10.2. The zero-order valence-electron chi connectivity index (χ0n) is 11.7. The Morgan fingerprint density at radius 2 is 2.10 bits per heavy atom. The highest BCUT2D eigenvalue weighted by molar-refractivity contribution is 5.65. The van der Waals surface area contributed by atoms with Crippen LogP contribution in [-0.2, 0) is 13.1 Å². The Balaban J connectivity index is 1.85. The van der Waals surface area contributed by atoms with Crippen molar-refractivity contribution in [3.05, 3.63) is 36.7 Å². The zero-order chi connectivity index (χ0) is 14.8. The van der Waals surface area contributed by atoms with Gasteiger partial charge in [-0.3, -0.25) is 0 Å². The SMILES string of the molecule is Cc1c(O)c(O)n(CCCn2ccnc2)c1-c1ncc[nH]1. The van der Waals surface area contributed by atoms with Crippen molar-refractivity contribution >= 4 is 0 Å². The van der Waals surface area contributed by atoms with Crippen LogP contribution in [0.3, 0.4) is 0 Å². The van der Waals surface area contributed by atoms with Crippen LogP contribution in [0, 0.1) is 6.92 Å². The molecule has 0 saturated carbocycles. The van der Waals surface area contributed by atoms with Gasteiger partial charge in [-0.1, -0.05) is 0 Å². The average Bonchev–Trinajstić information content (AvgIpc) is 3.20. The first kappa shape index (κ1) is 13.3. The number of imidazole rings is 2. The van der Waals surface area contributed by atoms with Gasteiger partial charge >= 0.3 is 0 Å². The van der Waals surface area contributed by atoms with Crippen LogP contribution in [0.1, 0.15) is 12.0 Å². The largest absolute Gasteiger partial charge is 0.503 e. The number of rotatable bonds is 5. The van der Waals surface area contributed by atoms with E-state index in [1.54, 1.807) is 36.4 Å². The van der Waals surface area contributed by atoms with Crippen LogP contribution in [0.5, 0.6) is 11.6 Å². The minimum atomic E-state index is -0.121. The molecular formula is C14H17N5O2. The fourth-order valence-electron chi connectivity index (χ4n) is 2.46. The van der Waals surface area contributed by atoms with Crippen LogP contribution < -0.4 is 0 Å². The summed E-state index contributed by atoms with van der Waals surface area (Å²) in [6.45, 7) is 3.12. The van der Waals surface area contributed by atoms with Gasteiger partial charge in [0.25, 0.3) is 0 Å². The molecule has 3 N–H and O–H groups in total. The van der Waals surface area contributed by atoms with Crippen molar-refractivity contribution in [3.63, 3.8) is 0 Å². The summed E-state index contributed by atoms with van der Waals surface area (Å²) in [6, 6.07) is 0. The van der Waals surface area contributed by atoms with Gasteiger partial charge in [-0.25, -0.2) is 9.97 Å². The summed E-state index contributed by atoms with van der Waals surface area (Å²) in [6.07, 6.45) is 9.54. The van der Waals surface area contributed by atoms with E-state index in [0.29, 0.717) is 23.6 Å². The van der Waals surface area contributed by atoms with Crippen molar-refractivity contribution < 1.29 is 10.2 Å². The van der Waals surface area contributed by atoms with Crippen molar-refractivity contribution in [1.29, 1.82) is 0 Å². The molecule has 0 bridgehead atoms. The Morgan fingerprint density at radius 1 is 1.24 bits per heavy atom. The van der Waals surface area contributed by atoms with Crippen LogP contribution in [0.25, 0.3) is 11.5 Å². The molecule has 110 valence electrons. The predicted octanol–water partition coefficient (Wildman–Crippen LogP) is 1.88. The summed E-state index contributed by atoms with van der Waals surface area (Å²) in [5.74, 6) is 0.416. The number of aromatic nitrogens is 5. The molecule has 0 aliphatic heterocycles. The number of hydrogen-bond acceptors (Lipinski definition) is 4. The molecule has 0 atom stereocenters. The first-order valence-electron chi connectivity index (χ1n) is 6.75. The lowest BCUT2D eigenvalue weighted by molar-refractivity contribution is 0.367.